The van der Waals surface area contributed by atoms with E-state index >= 15 is 0 Å². The van der Waals surface area contributed by atoms with Gasteiger partial charge in [-0.2, -0.15) is 0 Å². The second-order valence-electron chi connectivity index (χ2n) is 9.78. The molecule has 1 amide bonds. The van der Waals surface area contributed by atoms with Gasteiger partial charge < -0.3 is 15.1 Å². The number of amides is 1. The number of aromatic amines is 1. The van der Waals surface area contributed by atoms with Crippen molar-refractivity contribution in [2.24, 2.45) is 0 Å². The Hall–Kier alpha value is -3.96. The highest BCUT2D eigenvalue weighted by atomic mass is 16.2. The molecule has 2 N–H and O–H groups in total. The number of H-pyrrole nitrogens is 1. The maximum absolute atomic E-state index is 13.2. The minimum Gasteiger partial charge on any atom is -0.361 e. The number of carbonyl (C=O) groups is 2. The number of benzene rings is 3. The van der Waals surface area contributed by atoms with Gasteiger partial charge >= 0.3 is 0 Å². The molecule has 0 radical (unpaired) electrons. The normalized spacial score (nSPS) is 15.1. The summed E-state index contributed by atoms with van der Waals surface area (Å²) in [5, 5.41) is 3.98. The third-order valence-corrected chi connectivity index (χ3v) is 7.09. The molecule has 37 heavy (non-hydrogen) atoms. The number of carbonyl (C=O) groups excluding carboxylic acids is 2. The quantitative estimate of drug-likeness (QED) is 0.228. The summed E-state index contributed by atoms with van der Waals surface area (Å²) >= 11 is 0. The van der Waals surface area contributed by atoms with E-state index in [0.717, 1.165) is 40.4 Å². The van der Waals surface area contributed by atoms with E-state index in [1.807, 2.05) is 60.8 Å². The number of rotatable bonds is 9. The molecule has 1 saturated heterocycles. The molecule has 0 saturated carbocycles. The molecule has 2 heterocycles. The standard InChI is InChI=1S/C32H33N3O2/c36-23-28(20-27-21-33-31-11-5-4-9-29(27)31)34-32(37)30-10-3-2-8-26(30)17-16-24-12-14-25(15-13-24)22-35-18-6-1-7-19-35/h2-5,8-17,21,23,28,33H,1,6-7,18-20,22H2,(H,34,37). The van der Waals surface area contributed by atoms with Crippen LogP contribution in [0.15, 0.2) is 79.0 Å². The van der Waals surface area contributed by atoms with Gasteiger partial charge in [-0.3, -0.25) is 9.69 Å². The van der Waals surface area contributed by atoms with Gasteiger partial charge in [-0.25, -0.2) is 0 Å². The van der Waals surface area contributed by atoms with E-state index in [4.69, 9.17) is 0 Å². The van der Waals surface area contributed by atoms with Crippen molar-refractivity contribution in [3.8, 4) is 0 Å². The van der Waals surface area contributed by atoms with Crippen LogP contribution >= 0.6 is 0 Å². The summed E-state index contributed by atoms with van der Waals surface area (Å²) in [7, 11) is 0. The molecule has 188 valence electrons. The van der Waals surface area contributed by atoms with Crippen molar-refractivity contribution in [1.82, 2.24) is 15.2 Å². The van der Waals surface area contributed by atoms with Crippen molar-refractivity contribution in [1.29, 1.82) is 0 Å². The number of hydrogen-bond donors (Lipinski definition) is 2. The number of hydrogen-bond acceptors (Lipinski definition) is 3. The summed E-state index contributed by atoms with van der Waals surface area (Å²) < 4.78 is 0. The highest BCUT2D eigenvalue weighted by Crippen LogP contribution is 2.20. The molecule has 5 rings (SSSR count). The maximum atomic E-state index is 13.2. The smallest absolute Gasteiger partial charge is 0.252 e. The van der Waals surface area contributed by atoms with Crippen LogP contribution in [0.1, 0.15) is 51.9 Å². The van der Waals surface area contributed by atoms with E-state index < -0.39 is 6.04 Å². The summed E-state index contributed by atoms with van der Waals surface area (Å²) in [5.74, 6) is -0.255. The van der Waals surface area contributed by atoms with Gasteiger partial charge in [0.1, 0.15) is 6.29 Å². The van der Waals surface area contributed by atoms with Crippen LogP contribution < -0.4 is 5.32 Å². The van der Waals surface area contributed by atoms with E-state index in [0.29, 0.717) is 12.0 Å². The molecule has 0 bridgehead atoms. The number of likely N-dealkylation sites (tertiary alicyclic amines) is 1. The fourth-order valence-electron chi connectivity index (χ4n) is 5.06. The minimum atomic E-state index is -0.615. The van der Waals surface area contributed by atoms with Gasteiger partial charge in [0.2, 0.25) is 0 Å². The van der Waals surface area contributed by atoms with E-state index in [1.165, 1.54) is 37.9 Å². The first kappa shape index (κ1) is 24.7. The number of nitrogens with zero attached hydrogens (tertiary/aromatic N) is 1. The lowest BCUT2D eigenvalue weighted by molar-refractivity contribution is -0.109. The lowest BCUT2D eigenvalue weighted by Crippen LogP contribution is -2.37. The summed E-state index contributed by atoms with van der Waals surface area (Å²) in [6.45, 7) is 3.38. The summed E-state index contributed by atoms with van der Waals surface area (Å²) in [6, 6.07) is 23.5. The molecule has 3 aromatic carbocycles. The summed E-state index contributed by atoms with van der Waals surface area (Å²) in [5.41, 5.74) is 5.80. The zero-order chi connectivity index (χ0) is 25.5. The number of aromatic nitrogens is 1. The van der Waals surface area contributed by atoms with E-state index in [1.54, 1.807) is 6.07 Å². The van der Waals surface area contributed by atoms with Crippen LogP contribution in [0.3, 0.4) is 0 Å². The number of nitrogens with one attached hydrogen (secondary N) is 2. The van der Waals surface area contributed by atoms with E-state index in [2.05, 4.69) is 39.5 Å². The van der Waals surface area contributed by atoms with E-state index in [9.17, 15) is 9.59 Å². The largest absolute Gasteiger partial charge is 0.361 e. The molecule has 1 aromatic heterocycles. The lowest BCUT2D eigenvalue weighted by atomic mass is 10.0. The molecule has 4 aromatic rings. The molecule has 0 aliphatic carbocycles. The second-order valence-corrected chi connectivity index (χ2v) is 9.78. The lowest BCUT2D eigenvalue weighted by Gasteiger charge is -2.26. The molecule has 1 fully saturated rings. The number of aldehydes is 1. The first-order valence-electron chi connectivity index (χ1n) is 13.1. The van der Waals surface area contributed by atoms with Crippen LogP contribution in [0.25, 0.3) is 23.1 Å². The number of para-hydroxylation sites is 1. The Morgan fingerprint density at radius 1 is 0.919 bits per heavy atom. The van der Waals surface area contributed by atoms with Crippen molar-refractivity contribution in [2.75, 3.05) is 13.1 Å². The monoisotopic (exact) mass is 491 g/mol. The zero-order valence-electron chi connectivity index (χ0n) is 21.0. The van der Waals surface area contributed by atoms with Crippen molar-refractivity contribution >= 4 is 35.2 Å². The van der Waals surface area contributed by atoms with Crippen molar-refractivity contribution < 1.29 is 9.59 Å². The molecule has 1 aliphatic rings. The first-order chi connectivity index (χ1) is 18.2. The van der Waals surface area contributed by atoms with Gasteiger partial charge in [-0.1, -0.05) is 79.2 Å². The SMILES string of the molecule is O=CC(Cc1c[nH]c2ccccc12)NC(=O)c1ccccc1C=Cc1ccc(CN2CCCCC2)cc1. The molecular weight excluding hydrogens is 458 g/mol. The van der Waals surface area contributed by atoms with Gasteiger partial charge in [0.15, 0.2) is 0 Å². The topological polar surface area (TPSA) is 65.2 Å². The Labute approximate surface area is 218 Å². The number of fused-ring (bicyclic) bond motifs is 1. The van der Waals surface area contributed by atoms with Crippen molar-refractivity contribution in [2.45, 2.75) is 38.3 Å². The zero-order valence-corrected chi connectivity index (χ0v) is 21.0. The molecular formula is C32H33N3O2. The van der Waals surface area contributed by atoms with Crippen molar-refractivity contribution in [3.05, 3.63) is 107 Å². The van der Waals surface area contributed by atoms with Crippen LogP contribution in [-0.2, 0) is 17.8 Å². The highest BCUT2D eigenvalue weighted by Gasteiger charge is 2.17. The predicted octanol–water partition coefficient (Wildman–Crippen LogP) is 5.86. The van der Waals surface area contributed by atoms with Gasteiger partial charge in [0.25, 0.3) is 5.91 Å². The molecule has 1 atom stereocenters. The fourth-order valence-corrected chi connectivity index (χ4v) is 5.06. The number of piperidine rings is 1. The maximum Gasteiger partial charge on any atom is 0.252 e. The predicted molar refractivity (Wildman–Crippen MR) is 150 cm³/mol. The Balaban J connectivity index is 1.24. The fraction of sp³-hybridized carbons (Fsp3) is 0.250. The van der Waals surface area contributed by atoms with Gasteiger partial charge in [-0.05, 0) is 60.3 Å². The molecule has 0 spiro atoms. The van der Waals surface area contributed by atoms with Gasteiger partial charge in [-0.15, -0.1) is 0 Å². The van der Waals surface area contributed by atoms with Crippen LogP contribution in [0, 0.1) is 0 Å². The van der Waals surface area contributed by atoms with Gasteiger partial charge in [0, 0.05) is 35.6 Å². The molecule has 1 unspecified atom stereocenters. The van der Waals surface area contributed by atoms with Crippen LogP contribution in [0.5, 0.6) is 0 Å². The van der Waals surface area contributed by atoms with E-state index in [-0.39, 0.29) is 5.91 Å². The van der Waals surface area contributed by atoms with Gasteiger partial charge in [0.05, 0.1) is 6.04 Å². The summed E-state index contributed by atoms with van der Waals surface area (Å²) in [6.07, 6.45) is 11.1. The molecule has 1 aliphatic heterocycles. The summed E-state index contributed by atoms with van der Waals surface area (Å²) in [4.78, 5) is 30.7. The average molecular weight is 492 g/mol. The Morgan fingerprint density at radius 3 is 2.49 bits per heavy atom. The van der Waals surface area contributed by atoms with Crippen LogP contribution in [0.4, 0.5) is 0 Å². The third-order valence-electron chi connectivity index (χ3n) is 7.09. The van der Waals surface area contributed by atoms with Crippen LogP contribution in [-0.4, -0.2) is 41.2 Å². The average Bonchev–Trinajstić information content (AvgIpc) is 3.35. The highest BCUT2D eigenvalue weighted by molar-refractivity contribution is 5.99. The second kappa shape index (κ2) is 11.8. The Bertz CT molecular complexity index is 1380. The first-order valence-corrected chi connectivity index (χ1v) is 13.1. The van der Waals surface area contributed by atoms with Crippen molar-refractivity contribution in [3.63, 3.8) is 0 Å². The Morgan fingerprint density at radius 2 is 1.68 bits per heavy atom. The minimum absolute atomic E-state index is 0.255. The van der Waals surface area contributed by atoms with Crippen LogP contribution in [0.2, 0.25) is 0 Å². The third kappa shape index (κ3) is 6.25. The molecule has 5 heteroatoms. The Kier molecular flexibility index (Phi) is 7.92. The molecule has 5 nitrogen and oxygen atoms in total.